The second-order valence-electron chi connectivity index (χ2n) is 6.27. The smallest absolute Gasteiger partial charge is 0.242 e. The maximum absolute atomic E-state index is 6.14. The highest BCUT2D eigenvalue weighted by molar-refractivity contribution is 5.66. The number of nitrogens with two attached hydrogens (primary N) is 1. The molecule has 0 aliphatic carbocycles. The Morgan fingerprint density at radius 3 is 2.43 bits per heavy atom. The summed E-state index contributed by atoms with van der Waals surface area (Å²) >= 11 is 0. The van der Waals surface area contributed by atoms with E-state index in [4.69, 9.17) is 10.5 Å². The molecule has 0 aromatic carbocycles. The van der Waals surface area contributed by atoms with E-state index in [9.17, 15) is 0 Å². The number of hydrogen-bond donors (Lipinski definition) is 2. The van der Waals surface area contributed by atoms with Crippen LogP contribution in [0.15, 0.2) is 0 Å². The van der Waals surface area contributed by atoms with E-state index in [1.807, 2.05) is 0 Å². The fourth-order valence-electron chi connectivity index (χ4n) is 1.80. The lowest BCUT2D eigenvalue weighted by atomic mass is 10.1. The Bertz CT molecular complexity index is 433. The first-order valence-corrected chi connectivity index (χ1v) is 7.97. The molecule has 0 amide bonds. The SMILES string of the molecule is CCCc1nc(NCCC(C)C)c(N)c(OCC(C)C)n1. The minimum atomic E-state index is 0.436. The molecule has 1 aromatic heterocycles. The second-order valence-corrected chi connectivity index (χ2v) is 6.27. The summed E-state index contributed by atoms with van der Waals surface area (Å²) in [5.41, 5.74) is 6.65. The highest BCUT2D eigenvalue weighted by atomic mass is 16.5. The van der Waals surface area contributed by atoms with E-state index >= 15 is 0 Å². The number of hydrogen-bond acceptors (Lipinski definition) is 5. The molecule has 5 nitrogen and oxygen atoms in total. The van der Waals surface area contributed by atoms with Crippen LogP contribution in [0, 0.1) is 11.8 Å². The molecule has 3 N–H and O–H groups in total. The molecular weight excluding hydrogens is 264 g/mol. The predicted molar refractivity (Wildman–Crippen MR) is 88.7 cm³/mol. The summed E-state index contributed by atoms with van der Waals surface area (Å²) < 4.78 is 5.74. The van der Waals surface area contributed by atoms with Crippen LogP contribution in [0.4, 0.5) is 11.5 Å². The standard InChI is InChI=1S/C16H30N4O/c1-6-7-13-19-15(18-9-8-11(2)3)14(17)16(20-13)21-10-12(4)5/h11-12H,6-10,17H2,1-5H3,(H,18,19,20). The molecule has 0 unspecified atom stereocenters. The summed E-state index contributed by atoms with van der Waals surface area (Å²) in [5, 5.41) is 3.32. The van der Waals surface area contributed by atoms with E-state index in [1.165, 1.54) is 0 Å². The van der Waals surface area contributed by atoms with Gasteiger partial charge in [0.15, 0.2) is 5.82 Å². The van der Waals surface area contributed by atoms with Crippen molar-refractivity contribution in [2.24, 2.45) is 11.8 Å². The van der Waals surface area contributed by atoms with Gasteiger partial charge in [0.05, 0.1) is 6.61 Å². The minimum Gasteiger partial charge on any atom is -0.476 e. The van der Waals surface area contributed by atoms with Gasteiger partial charge in [-0.25, -0.2) is 4.98 Å². The molecule has 0 aliphatic rings. The second kappa shape index (κ2) is 8.70. The molecule has 0 spiro atoms. The molecule has 0 saturated carbocycles. The highest BCUT2D eigenvalue weighted by Gasteiger charge is 2.13. The van der Waals surface area contributed by atoms with Gasteiger partial charge in [0.25, 0.3) is 0 Å². The van der Waals surface area contributed by atoms with Gasteiger partial charge in [0.1, 0.15) is 11.5 Å². The molecule has 1 aromatic rings. The van der Waals surface area contributed by atoms with Gasteiger partial charge in [0.2, 0.25) is 5.88 Å². The van der Waals surface area contributed by atoms with Crippen molar-refractivity contribution in [2.75, 3.05) is 24.2 Å². The van der Waals surface area contributed by atoms with E-state index in [0.717, 1.165) is 31.6 Å². The Balaban J connectivity index is 2.87. The highest BCUT2D eigenvalue weighted by Crippen LogP contribution is 2.27. The maximum atomic E-state index is 6.14. The molecule has 120 valence electrons. The first-order valence-electron chi connectivity index (χ1n) is 7.97. The van der Waals surface area contributed by atoms with Gasteiger partial charge in [-0.2, -0.15) is 4.98 Å². The van der Waals surface area contributed by atoms with Gasteiger partial charge in [-0.1, -0.05) is 34.6 Å². The first kappa shape index (κ1) is 17.5. The van der Waals surface area contributed by atoms with Crippen molar-refractivity contribution in [3.05, 3.63) is 5.82 Å². The molecule has 0 aliphatic heterocycles. The average Bonchev–Trinajstić information content (AvgIpc) is 2.40. The molecule has 1 rings (SSSR count). The third-order valence-corrected chi connectivity index (χ3v) is 3.00. The zero-order valence-corrected chi connectivity index (χ0v) is 14.1. The van der Waals surface area contributed by atoms with Crippen LogP contribution in [0.5, 0.6) is 5.88 Å². The van der Waals surface area contributed by atoms with E-state index in [2.05, 4.69) is 49.9 Å². The minimum absolute atomic E-state index is 0.436. The van der Waals surface area contributed by atoms with Gasteiger partial charge in [-0.15, -0.1) is 0 Å². The van der Waals surface area contributed by atoms with Crippen molar-refractivity contribution in [1.82, 2.24) is 9.97 Å². The van der Waals surface area contributed by atoms with Crippen molar-refractivity contribution in [2.45, 2.75) is 53.9 Å². The van der Waals surface area contributed by atoms with E-state index in [-0.39, 0.29) is 0 Å². The van der Waals surface area contributed by atoms with Crippen molar-refractivity contribution in [3.8, 4) is 5.88 Å². The summed E-state index contributed by atoms with van der Waals surface area (Å²) in [5.74, 6) is 3.08. The lowest BCUT2D eigenvalue weighted by Gasteiger charge is -2.15. The Morgan fingerprint density at radius 1 is 1.14 bits per heavy atom. The molecule has 0 fully saturated rings. The summed E-state index contributed by atoms with van der Waals surface area (Å²) in [6.07, 6.45) is 2.91. The van der Waals surface area contributed by atoms with Gasteiger partial charge in [-0.05, 0) is 24.7 Å². The number of nitrogen functional groups attached to an aromatic ring is 1. The van der Waals surface area contributed by atoms with Crippen molar-refractivity contribution < 1.29 is 4.74 Å². The van der Waals surface area contributed by atoms with Crippen LogP contribution < -0.4 is 15.8 Å². The van der Waals surface area contributed by atoms with Crippen LogP contribution >= 0.6 is 0 Å². The lowest BCUT2D eigenvalue weighted by Crippen LogP contribution is -2.14. The molecular formula is C16H30N4O. The van der Waals surface area contributed by atoms with Crippen LogP contribution in [-0.4, -0.2) is 23.1 Å². The lowest BCUT2D eigenvalue weighted by molar-refractivity contribution is 0.262. The topological polar surface area (TPSA) is 73.1 Å². The largest absolute Gasteiger partial charge is 0.476 e. The normalized spacial score (nSPS) is 11.2. The third-order valence-electron chi connectivity index (χ3n) is 3.00. The molecule has 0 radical (unpaired) electrons. The Hall–Kier alpha value is -1.52. The number of ether oxygens (including phenoxy) is 1. The van der Waals surface area contributed by atoms with Crippen LogP contribution in [-0.2, 0) is 6.42 Å². The van der Waals surface area contributed by atoms with Gasteiger partial charge >= 0.3 is 0 Å². The van der Waals surface area contributed by atoms with E-state index in [0.29, 0.717) is 35.8 Å². The number of aromatic nitrogens is 2. The summed E-state index contributed by atoms with van der Waals surface area (Å²) in [6, 6.07) is 0. The summed E-state index contributed by atoms with van der Waals surface area (Å²) in [4.78, 5) is 8.96. The van der Waals surface area contributed by atoms with Crippen LogP contribution in [0.1, 0.15) is 53.3 Å². The zero-order chi connectivity index (χ0) is 15.8. The van der Waals surface area contributed by atoms with Crippen LogP contribution in [0.3, 0.4) is 0 Å². The summed E-state index contributed by atoms with van der Waals surface area (Å²) in [7, 11) is 0. The Morgan fingerprint density at radius 2 is 1.86 bits per heavy atom. The summed E-state index contributed by atoms with van der Waals surface area (Å²) in [6.45, 7) is 12.2. The van der Waals surface area contributed by atoms with Crippen LogP contribution in [0.25, 0.3) is 0 Å². The fourth-order valence-corrected chi connectivity index (χ4v) is 1.80. The van der Waals surface area contributed by atoms with Gasteiger partial charge < -0.3 is 15.8 Å². The Kier molecular flexibility index (Phi) is 7.26. The van der Waals surface area contributed by atoms with Crippen molar-refractivity contribution in [1.29, 1.82) is 0 Å². The first-order chi connectivity index (χ1) is 9.93. The van der Waals surface area contributed by atoms with E-state index < -0.39 is 0 Å². The zero-order valence-electron chi connectivity index (χ0n) is 14.1. The number of aryl methyl sites for hydroxylation is 1. The average molecular weight is 294 g/mol. The monoisotopic (exact) mass is 294 g/mol. The van der Waals surface area contributed by atoms with Crippen molar-refractivity contribution in [3.63, 3.8) is 0 Å². The molecule has 0 atom stereocenters. The molecule has 21 heavy (non-hydrogen) atoms. The number of anilines is 2. The number of nitrogens with zero attached hydrogens (tertiary/aromatic N) is 2. The number of nitrogens with one attached hydrogen (secondary N) is 1. The molecule has 0 bridgehead atoms. The number of rotatable bonds is 9. The van der Waals surface area contributed by atoms with Crippen molar-refractivity contribution >= 4 is 11.5 Å². The predicted octanol–water partition coefficient (Wildman–Crippen LogP) is 3.50. The van der Waals surface area contributed by atoms with Crippen LogP contribution in [0.2, 0.25) is 0 Å². The molecule has 1 heterocycles. The fraction of sp³-hybridized carbons (Fsp3) is 0.750. The quantitative estimate of drug-likeness (QED) is 0.729. The molecule has 5 heteroatoms. The molecule has 0 saturated heterocycles. The van der Waals surface area contributed by atoms with Gasteiger partial charge in [0, 0.05) is 13.0 Å². The van der Waals surface area contributed by atoms with Gasteiger partial charge in [-0.3, -0.25) is 0 Å². The third kappa shape index (κ3) is 6.19. The van der Waals surface area contributed by atoms with E-state index in [1.54, 1.807) is 0 Å². The Labute approximate surface area is 128 Å². The maximum Gasteiger partial charge on any atom is 0.242 e.